The number of carbonyl (C=O) groups is 1. The minimum Gasteiger partial charge on any atom is -0.494 e. The summed E-state index contributed by atoms with van der Waals surface area (Å²) in [6, 6.07) is 4.65. The highest BCUT2D eigenvalue weighted by Crippen LogP contribution is 2.25. The van der Waals surface area contributed by atoms with E-state index in [1.165, 1.54) is 19.2 Å². The Morgan fingerprint density at radius 1 is 1.40 bits per heavy atom. The number of carboxylic acids is 1. The first-order chi connectivity index (χ1) is 9.43. The fourth-order valence-corrected chi connectivity index (χ4v) is 1.87. The van der Waals surface area contributed by atoms with Crippen LogP contribution in [0.5, 0.6) is 5.75 Å². The number of benzene rings is 1. The van der Waals surface area contributed by atoms with Crippen molar-refractivity contribution in [3.8, 4) is 11.4 Å². The zero-order valence-electron chi connectivity index (χ0n) is 11.9. The lowest BCUT2D eigenvalue weighted by Crippen LogP contribution is -2.05. The maximum atomic E-state index is 11.1. The zero-order chi connectivity index (χ0) is 14.9. The molecule has 0 aliphatic heterocycles. The summed E-state index contributed by atoms with van der Waals surface area (Å²) in [5.74, 6) is 1.16. The lowest BCUT2D eigenvalue weighted by Gasteiger charge is -2.10. The van der Waals surface area contributed by atoms with Crippen LogP contribution in [-0.2, 0) is 0 Å². The van der Waals surface area contributed by atoms with E-state index in [0.717, 1.165) is 0 Å². The van der Waals surface area contributed by atoms with Crippen molar-refractivity contribution in [2.45, 2.75) is 26.7 Å². The maximum Gasteiger partial charge on any atom is 0.335 e. The molecule has 0 unspecified atom stereocenters. The molecule has 0 aliphatic carbocycles. The van der Waals surface area contributed by atoms with E-state index in [0.29, 0.717) is 23.1 Å². The Morgan fingerprint density at radius 2 is 2.10 bits per heavy atom. The molecule has 1 aromatic heterocycles. The monoisotopic (exact) mass is 275 g/mol. The van der Waals surface area contributed by atoms with Gasteiger partial charge < -0.3 is 9.84 Å². The normalized spacial score (nSPS) is 10.8. The fraction of sp³-hybridized carbons (Fsp3) is 0.357. The molecule has 0 saturated heterocycles. The van der Waals surface area contributed by atoms with E-state index >= 15 is 0 Å². The number of hydrogen-bond donors (Lipinski definition) is 1. The Morgan fingerprint density at radius 3 is 2.60 bits per heavy atom. The van der Waals surface area contributed by atoms with Crippen LogP contribution in [0.15, 0.2) is 18.2 Å². The molecule has 0 spiro atoms. The van der Waals surface area contributed by atoms with Crippen LogP contribution < -0.4 is 4.74 Å². The van der Waals surface area contributed by atoms with E-state index in [1.54, 1.807) is 10.7 Å². The Kier molecular flexibility index (Phi) is 3.74. The van der Waals surface area contributed by atoms with Gasteiger partial charge in [0.1, 0.15) is 17.3 Å². The van der Waals surface area contributed by atoms with Crippen molar-refractivity contribution in [3.05, 3.63) is 35.4 Å². The number of carboxylic acid groups (broad SMARTS) is 1. The summed E-state index contributed by atoms with van der Waals surface area (Å²) in [7, 11) is 1.54. The number of ether oxygens (including phenoxy) is 1. The van der Waals surface area contributed by atoms with E-state index in [1.807, 2.05) is 20.8 Å². The highest BCUT2D eigenvalue weighted by atomic mass is 16.5. The predicted octanol–water partition coefficient (Wildman–Crippen LogP) is 2.41. The zero-order valence-corrected chi connectivity index (χ0v) is 11.9. The Labute approximate surface area is 117 Å². The molecule has 0 radical (unpaired) electrons. The van der Waals surface area contributed by atoms with Gasteiger partial charge in [-0.25, -0.2) is 14.5 Å². The van der Waals surface area contributed by atoms with Gasteiger partial charge >= 0.3 is 5.97 Å². The van der Waals surface area contributed by atoms with Crippen LogP contribution >= 0.6 is 0 Å². The van der Waals surface area contributed by atoms with Crippen LogP contribution in [-0.4, -0.2) is 33.0 Å². The quantitative estimate of drug-likeness (QED) is 0.927. The lowest BCUT2D eigenvalue weighted by molar-refractivity contribution is 0.0697. The molecule has 1 N–H and O–H groups in total. The second-order valence-electron chi connectivity index (χ2n) is 4.78. The summed E-state index contributed by atoms with van der Waals surface area (Å²) in [4.78, 5) is 15.5. The molecular formula is C14H17N3O3. The molecule has 0 aliphatic rings. The maximum absolute atomic E-state index is 11.1. The number of methoxy groups -OCH3 is 1. The molecule has 2 aromatic rings. The minimum absolute atomic E-state index is 0.182. The molecule has 0 fully saturated rings. The molecule has 6 heteroatoms. The molecule has 0 bridgehead atoms. The van der Waals surface area contributed by atoms with Gasteiger partial charge in [0, 0.05) is 5.92 Å². The van der Waals surface area contributed by atoms with E-state index in [4.69, 9.17) is 9.84 Å². The highest BCUT2D eigenvalue weighted by Gasteiger charge is 2.16. The first kappa shape index (κ1) is 14.0. The van der Waals surface area contributed by atoms with Crippen LogP contribution in [0.3, 0.4) is 0 Å². The summed E-state index contributed by atoms with van der Waals surface area (Å²) in [5, 5.41) is 13.5. The molecular weight excluding hydrogens is 258 g/mol. The number of aryl methyl sites for hydroxylation is 1. The van der Waals surface area contributed by atoms with Crippen molar-refractivity contribution in [3.63, 3.8) is 0 Å². The minimum atomic E-state index is -0.990. The van der Waals surface area contributed by atoms with Gasteiger partial charge in [0.15, 0.2) is 5.82 Å². The van der Waals surface area contributed by atoms with E-state index in [2.05, 4.69) is 10.1 Å². The average Bonchev–Trinajstić information content (AvgIpc) is 2.80. The summed E-state index contributed by atoms with van der Waals surface area (Å²) in [5.41, 5.74) is 0.756. The molecule has 20 heavy (non-hydrogen) atoms. The van der Waals surface area contributed by atoms with Crippen LogP contribution in [0.4, 0.5) is 0 Å². The van der Waals surface area contributed by atoms with Gasteiger partial charge in [-0.15, -0.1) is 0 Å². The van der Waals surface area contributed by atoms with Crippen LogP contribution in [0, 0.1) is 6.92 Å². The Hall–Kier alpha value is -2.37. The number of aromatic nitrogens is 3. The second-order valence-corrected chi connectivity index (χ2v) is 4.78. The van der Waals surface area contributed by atoms with Crippen molar-refractivity contribution < 1.29 is 14.6 Å². The fourth-order valence-electron chi connectivity index (χ4n) is 1.87. The van der Waals surface area contributed by atoms with Gasteiger partial charge in [0.05, 0.1) is 12.7 Å². The number of hydrogen-bond acceptors (Lipinski definition) is 4. The third-order valence-corrected chi connectivity index (χ3v) is 2.96. The lowest BCUT2D eigenvalue weighted by atomic mass is 10.2. The van der Waals surface area contributed by atoms with Gasteiger partial charge in [-0.3, -0.25) is 0 Å². The summed E-state index contributed by atoms with van der Waals surface area (Å²) in [6.45, 7) is 5.83. The largest absolute Gasteiger partial charge is 0.494 e. The van der Waals surface area contributed by atoms with Crippen molar-refractivity contribution in [1.29, 1.82) is 0 Å². The van der Waals surface area contributed by atoms with E-state index in [-0.39, 0.29) is 11.5 Å². The molecule has 1 aromatic carbocycles. The Bertz CT molecular complexity index is 647. The molecule has 106 valence electrons. The first-order valence-corrected chi connectivity index (χ1v) is 6.29. The first-order valence-electron chi connectivity index (χ1n) is 6.29. The molecule has 2 rings (SSSR count). The van der Waals surface area contributed by atoms with Gasteiger partial charge in [-0.05, 0) is 25.1 Å². The molecule has 1 heterocycles. The Balaban J connectivity index is 2.60. The van der Waals surface area contributed by atoms with Gasteiger partial charge in [0.25, 0.3) is 0 Å². The third-order valence-electron chi connectivity index (χ3n) is 2.96. The second kappa shape index (κ2) is 5.32. The smallest absolute Gasteiger partial charge is 0.335 e. The van der Waals surface area contributed by atoms with Gasteiger partial charge in [0.2, 0.25) is 0 Å². The topological polar surface area (TPSA) is 77.2 Å². The van der Waals surface area contributed by atoms with Crippen LogP contribution in [0.1, 0.15) is 41.8 Å². The number of rotatable bonds is 4. The van der Waals surface area contributed by atoms with Crippen LogP contribution in [0.25, 0.3) is 5.69 Å². The molecule has 0 atom stereocenters. The average molecular weight is 275 g/mol. The standard InChI is InChI=1S/C14H17N3O3/c1-8(2)13-15-9(3)17(16-13)11-7-10(14(18)19)5-6-12(11)20-4/h5-8H,1-4H3,(H,18,19). The third kappa shape index (κ3) is 2.49. The summed E-state index contributed by atoms with van der Waals surface area (Å²) < 4.78 is 6.89. The van der Waals surface area contributed by atoms with Crippen molar-refractivity contribution >= 4 is 5.97 Å². The number of aromatic carboxylic acids is 1. The van der Waals surface area contributed by atoms with Gasteiger partial charge in [-0.1, -0.05) is 13.8 Å². The molecule has 6 nitrogen and oxygen atoms in total. The molecule has 0 saturated carbocycles. The van der Waals surface area contributed by atoms with Crippen molar-refractivity contribution in [1.82, 2.24) is 14.8 Å². The van der Waals surface area contributed by atoms with E-state index < -0.39 is 5.97 Å². The predicted molar refractivity (Wildman–Crippen MR) is 73.7 cm³/mol. The highest BCUT2D eigenvalue weighted by molar-refractivity contribution is 5.88. The van der Waals surface area contributed by atoms with Crippen LogP contribution in [0.2, 0.25) is 0 Å². The van der Waals surface area contributed by atoms with E-state index in [9.17, 15) is 4.79 Å². The summed E-state index contributed by atoms with van der Waals surface area (Å²) in [6.07, 6.45) is 0. The summed E-state index contributed by atoms with van der Waals surface area (Å²) >= 11 is 0. The van der Waals surface area contributed by atoms with Crippen molar-refractivity contribution in [2.75, 3.05) is 7.11 Å². The van der Waals surface area contributed by atoms with Crippen molar-refractivity contribution in [2.24, 2.45) is 0 Å². The molecule has 0 amide bonds. The SMILES string of the molecule is COc1ccc(C(=O)O)cc1-n1nc(C(C)C)nc1C. The number of nitrogens with zero attached hydrogens (tertiary/aromatic N) is 3. The van der Waals surface area contributed by atoms with Gasteiger partial charge in [-0.2, -0.15) is 5.10 Å².